The summed E-state index contributed by atoms with van der Waals surface area (Å²) in [6.07, 6.45) is -1.70. The normalized spacial score (nSPS) is 23.0. The number of sulfone groups is 1. The van der Waals surface area contributed by atoms with Gasteiger partial charge in [0.2, 0.25) is 6.33 Å². The maximum atomic E-state index is 13.1. The fourth-order valence-electron chi connectivity index (χ4n) is 4.65. The number of aryl methyl sites for hydroxylation is 1. The van der Waals surface area contributed by atoms with Crippen LogP contribution in [-0.2, 0) is 22.4 Å². The summed E-state index contributed by atoms with van der Waals surface area (Å²) in [5, 5.41) is 0.169. The molecule has 33 heavy (non-hydrogen) atoms. The topological polar surface area (TPSA) is 83.3 Å². The minimum atomic E-state index is -4.53. The summed E-state index contributed by atoms with van der Waals surface area (Å²) in [7, 11) is -3.02. The Morgan fingerprint density at radius 2 is 1.91 bits per heavy atom. The minimum Gasteiger partial charge on any atom is -0.335 e. The van der Waals surface area contributed by atoms with Crippen LogP contribution in [0.4, 0.5) is 19.0 Å². The summed E-state index contributed by atoms with van der Waals surface area (Å²) < 4.78 is 63.2. The van der Waals surface area contributed by atoms with Crippen LogP contribution < -0.4 is 0 Å². The second-order valence-electron chi connectivity index (χ2n) is 8.35. The van der Waals surface area contributed by atoms with Crippen LogP contribution in [0, 0.1) is 6.07 Å². The van der Waals surface area contributed by atoms with Crippen LogP contribution in [0.25, 0.3) is 15.9 Å². The van der Waals surface area contributed by atoms with Gasteiger partial charge in [-0.05, 0) is 35.0 Å². The van der Waals surface area contributed by atoms with E-state index in [-0.39, 0.29) is 40.3 Å². The van der Waals surface area contributed by atoms with E-state index in [9.17, 15) is 21.6 Å². The maximum absolute atomic E-state index is 13.1. The lowest BCUT2D eigenvalue weighted by Gasteiger charge is -2.39. The van der Waals surface area contributed by atoms with Crippen molar-refractivity contribution in [1.29, 1.82) is 0 Å². The highest BCUT2D eigenvalue weighted by Crippen LogP contribution is 2.37. The third-order valence-electron chi connectivity index (χ3n) is 6.35. The quantitative estimate of drug-likeness (QED) is 0.578. The van der Waals surface area contributed by atoms with Crippen LogP contribution in [0.3, 0.4) is 0 Å². The van der Waals surface area contributed by atoms with Crippen molar-refractivity contribution in [2.75, 3.05) is 24.6 Å². The van der Waals surface area contributed by atoms with Gasteiger partial charge in [-0.1, -0.05) is 24.3 Å². The summed E-state index contributed by atoms with van der Waals surface area (Å²) in [5.74, 6) is 0.0764. The largest absolute Gasteiger partial charge is 0.438 e. The van der Waals surface area contributed by atoms with E-state index in [0.29, 0.717) is 13.1 Å². The van der Waals surface area contributed by atoms with E-state index >= 15 is 0 Å². The molecule has 172 valence electrons. The molecular weight excluding hydrogens is 455 g/mol. The zero-order chi connectivity index (χ0) is 23.2. The van der Waals surface area contributed by atoms with E-state index < -0.39 is 21.7 Å². The molecule has 0 spiro atoms. The van der Waals surface area contributed by atoms with Crippen molar-refractivity contribution in [3.05, 3.63) is 58.3 Å². The number of aromatic nitrogens is 3. The van der Waals surface area contributed by atoms with E-state index in [4.69, 9.17) is 0 Å². The van der Waals surface area contributed by atoms with Crippen LogP contribution in [0.1, 0.15) is 29.2 Å². The molecule has 3 aromatic rings. The van der Waals surface area contributed by atoms with E-state index in [0.717, 1.165) is 24.5 Å². The molecule has 0 amide bonds. The van der Waals surface area contributed by atoms with Crippen LogP contribution >= 0.6 is 0 Å². The van der Waals surface area contributed by atoms with Gasteiger partial charge in [0.25, 0.3) is 0 Å². The number of alkyl halides is 3. The van der Waals surface area contributed by atoms with Gasteiger partial charge in [0.05, 0.1) is 11.5 Å². The first-order valence-electron chi connectivity index (χ1n) is 10.6. The van der Waals surface area contributed by atoms with E-state index in [2.05, 4.69) is 30.8 Å². The number of hydrogen-bond donors (Lipinski definition) is 1. The maximum Gasteiger partial charge on any atom is 0.438 e. The Morgan fingerprint density at radius 3 is 2.67 bits per heavy atom. The van der Waals surface area contributed by atoms with Crippen molar-refractivity contribution < 1.29 is 21.6 Å². The highest BCUT2D eigenvalue weighted by atomic mass is 32.2. The summed E-state index contributed by atoms with van der Waals surface area (Å²) in [6.45, 7) is 0.885. The average Bonchev–Trinajstić information content (AvgIpc) is 3.23. The molecule has 1 N–H and O–H groups in total. The lowest BCUT2D eigenvalue weighted by atomic mass is 9.79. The van der Waals surface area contributed by atoms with Gasteiger partial charge in [0.1, 0.15) is 17.0 Å². The number of nitrogens with one attached hydrogen (secondary N) is 1. The zero-order valence-corrected chi connectivity index (χ0v) is 18.3. The number of hydrogen-bond acceptors (Lipinski definition) is 5. The number of nitrogens with zero attached hydrogens (tertiary/aromatic N) is 4. The molecule has 7 nitrogen and oxygen atoms in total. The van der Waals surface area contributed by atoms with Crippen molar-refractivity contribution in [3.63, 3.8) is 0 Å². The molecule has 1 aliphatic carbocycles. The summed E-state index contributed by atoms with van der Waals surface area (Å²) in [6, 6.07) is 12.0. The van der Waals surface area contributed by atoms with E-state index in [1.54, 1.807) is 0 Å². The van der Waals surface area contributed by atoms with Gasteiger partial charge >= 0.3 is 12.0 Å². The lowest BCUT2D eigenvalue weighted by Crippen LogP contribution is -2.49. The van der Waals surface area contributed by atoms with Crippen molar-refractivity contribution >= 4 is 26.7 Å². The first-order chi connectivity index (χ1) is 15.7. The molecule has 0 bridgehead atoms. The highest BCUT2D eigenvalue weighted by molar-refractivity contribution is 7.91. The fourth-order valence-corrected chi connectivity index (χ4v) is 5.88. The SMILES string of the molecule is O=S1(=O)CCN([C@H]2CCc3ccccc3C2C#[N+]c2ncnc3[nH]c(C(F)(F)F)cc23)CC1. The van der Waals surface area contributed by atoms with Crippen LogP contribution in [0.5, 0.6) is 0 Å². The smallest absolute Gasteiger partial charge is 0.335 e. The number of benzene rings is 1. The van der Waals surface area contributed by atoms with Crippen LogP contribution in [0.2, 0.25) is 0 Å². The van der Waals surface area contributed by atoms with Gasteiger partial charge in [-0.25, -0.2) is 8.42 Å². The molecule has 2 aliphatic rings. The third-order valence-corrected chi connectivity index (χ3v) is 7.96. The molecule has 2 aromatic heterocycles. The molecular formula is C22H21F3N5O2S+. The molecule has 5 rings (SSSR count). The second-order valence-corrected chi connectivity index (χ2v) is 10.7. The number of fused-ring (bicyclic) bond motifs is 2. The van der Waals surface area contributed by atoms with Gasteiger partial charge in [-0.15, -0.1) is 0 Å². The first kappa shape index (κ1) is 21.9. The molecule has 1 fully saturated rings. The molecule has 1 unspecified atom stereocenters. The standard InChI is InChI=1S/C22H21F3N5O2S/c23-22(24,25)19-11-16-20(27-13-28-21(16)29-19)26-12-17-15-4-2-1-3-14(15)5-6-18(17)30-7-9-33(31,32)10-8-30/h1-4,11,13,17-18H,5-10H2,(H,27,28,29)/q+1/t17?,18-/m0/s1. The van der Waals surface area contributed by atoms with E-state index in [1.807, 2.05) is 24.3 Å². The Morgan fingerprint density at radius 1 is 1.15 bits per heavy atom. The molecule has 11 heteroatoms. The van der Waals surface area contributed by atoms with E-state index in [1.165, 1.54) is 11.9 Å². The third kappa shape index (κ3) is 4.32. The molecule has 1 saturated heterocycles. The Balaban J connectivity index is 1.54. The zero-order valence-electron chi connectivity index (χ0n) is 17.5. The molecule has 3 heterocycles. The Kier molecular flexibility index (Phi) is 5.37. The minimum absolute atomic E-state index is 0.00608. The van der Waals surface area contributed by atoms with Gasteiger partial charge < -0.3 is 4.98 Å². The molecule has 0 radical (unpaired) electrons. The fraction of sp³-hybridized carbons (Fsp3) is 0.409. The van der Waals surface area contributed by atoms with Crippen molar-refractivity contribution in [1.82, 2.24) is 19.9 Å². The van der Waals surface area contributed by atoms with Gasteiger partial charge in [0.15, 0.2) is 21.6 Å². The van der Waals surface area contributed by atoms with Crippen molar-refractivity contribution in [2.45, 2.75) is 31.0 Å². The molecule has 1 aromatic carbocycles. The number of H-pyrrole nitrogens is 1. The lowest BCUT2D eigenvalue weighted by molar-refractivity contribution is -0.140. The summed E-state index contributed by atoms with van der Waals surface area (Å²) >= 11 is 0. The average molecular weight is 477 g/mol. The molecule has 2 atom stereocenters. The van der Waals surface area contributed by atoms with Gasteiger partial charge in [-0.2, -0.15) is 23.0 Å². The Hall–Kier alpha value is -2.97. The first-order valence-corrected chi connectivity index (χ1v) is 12.4. The van der Waals surface area contributed by atoms with Crippen LogP contribution in [0.15, 0.2) is 36.7 Å². The van der Waals surface area contributed by atoms with Crippen LogP contribution in [-0.4, -0.2) is 58.9 Å². The van der Waals surface area contributed by atoms with Crippen molar-refractivity contribution in [3.8, 4) is 6.07 Å². The van der Waals surface area contributed by atoms with Gasteiger partial charge in [0, 0.05) is 19.1 Å². The highest BCUT2D eigenvalue weighted by Gasteiger charge is 2.38. The van der Waals surface area contributed by atoms with Crippen molar-refractivity contribution in [2.24, 2.45) is 0 Å². The summed E-state index contributed by atoms with van der Waals surface area (Å²) in [5.41, 5.74) is 1.35. The number of aromatic amines is 1. The predicted molar refractivity (Wildman–Crippen MR) is 117 cm³/mol. The number of halogens is 3. The molecule has 0 saturated carbocycles. The Labute approximate surface area is 188 Å². The Bertz CT molecular complexity index is 1360. The summed E-state index contributed by atoms with van der Waals surface area (Å²) in [4.78, 5) is 16.8. The van der Waals surface area contributed by atoms with Gasteiger partial charge in [-0.3, -0.25) is 4.90 Å². The second kappa shape index (κ2) is 8.11. The molecule has 1 aliphatic heterocycles. The predicted octanol–water partition coefficient (Wildman–Crippen LogP) is 3.77. The monoisotopic (exact) mass is 476 g/mol. The number of rotatable bonds is 1.